The summed E-state index contributed by atoms with van der Waals surface area (Å²) in [4.78, 5) is 13.4. The Labute approximate surface area is 73.1 Å². The van der Waals surface area contributed by atoms with E-state index in [1.54, 1.807) is 0 Å². The summed E-state index contributed by atoms with van der Waals surface area (Å²) in [6.07, 6.45) is 4.92. The number of hydrogen-bond acceptors (Lipinski definition) is 1. The van der Waals surface area contributed by atoms with Gasteiger partial charge in [0.15, 0.2) is 0 Å². The summed E-state index contributed by atoms with van der Waals surface area (Å²) in [5, 5.41) is 2.86. The van der Waals surface area contributed by atoms with E-state index in [0.717, 1.165) is 13.1 Å². The summed E-state index contributed by atoms with van der Waals surface area (Å²) in [5.74, 6) is 0. The van der Waals surface area contributed by atoms with Crippen LogP contribution in [0.25, 0.3) is 0 Å². The maximum Gasteiger partial charge on any atom is 0.317 e. The van der Waals surface area contributed by atoms with Gasteiger partial charge in [-0.3, -0.25) is 0 Å². The van der Waals surface area contributed by atoms with Crippen molar-refractivity contribution in [2.75, 3.05) is 13.1 Å². The molecule has 2 fully saturated rings. The van der Waals surface area contributed by atoms with Crippen LogP contribution in [-0.2, 0) is 0 Å². The van der Waals surface area contributed by atoms with Crippen molar-refractivity contribution in [2.24, 2.45) is 0 Å². The molecule has 3 heteroatoms. The van der Waals surface area contributed by atoms with Gasteiger partial charge in [-0.25, -0.2) is 4.79 Å². The molecule has 0 atom stereocenters. The highest BCUT2D eigenvalue weighted by molar-refractivity contribution is 5.77. The Morgan fingerprint density at radius 1 is 1.42 bits per heavy atom. The Morgan fingerprint density at radius 3 is 2.58 bits per heavy atom. The monoisotopic (exact) mass is 168 g/mol. The number of amides is 2. The number of carbonyl (C=O) groups excluding carboxylic acids is 1. The van der Waals surface area contributed by atoms with E-state index in [9.17, 15) is 4.79 Å². The van der Waals surface area contributed by atoms with Gasteiger partial charge in [-0.15, -0.1) is 0 Å². The Bertz CT molecular complexity index is 197. The van der Waals surface area contributed by atoms with Crippen LogP contribution in [0.2, 0.25) is 0 Å². The van der Waals surface area contributed by atoms with Crippen LogP contribution in [0, 0.1) is 0 Å². The number of carbonyl (C=O) groups is 1. The Morgan fingerprint density at radius 2 is 2.08 bits per heavy atom. The first-order chi connectivity index (χ1) is 5.72. The number of hydrogen-bond donors (Lipinski definition) is 1. The lowest BCUT2D eigenvalue weighted by Crippen LogP contribution is -2.45. The molecule has 0 unspecified atom stereocenters. The van der Waals surface area contributed by atoms with E-state index in [4.69, 9.17) is 0 Å². The number of nitrogens with one attached hydrogen (secondary N) is 1. The van der Waals surface area contributed by atoms with Crippen molar-refractivity contribution in [1.82, 2.24) is 10.2 Å². The van der Waals surface area contributed by atoms with Crippen molar-refractivity contribution >= 4 is 6.03 Å². The highest BCUT2D eigenvalue weighted by Gasteiger charge is 2.39. The summed E-state index contributed by atoms with van der Waals surface area (Å²) in [6.45, 7) is 3.94. The molecule has 0 aromatic rings. The Hall–Kier alpha value is -0.730. The largest absolute Gasteiger partial charge is 0.336 e. The normalized spacial score (nSPS) is 27.8. The average Bonchev–Trinajstić information content (AvgIpc) is 2.59. The quantitative estimate of drug-likeness (QED) is 0.629. The van der Waals surface area contributed by atoms with Gasteiger partial charge in [0.05, 0.1) is 0 Å². The van der Waals surface area contributed by atoms with Crippen LogP contribution in [0.1, 0.15) is 32.6 Å². The first-order valence-corrected chi connectivity index (χ1v) is 4.78. The second-order valence-corrected chi connectivity index (χ2v) is 4.09. The van der Waals surface area contributed by atoms with Crippen molar-refractivity contribution < 1.29 is 4.79 Å². The summed E-state index contributed by atoms with van der Waals surface area (Å²) < 4.78 is 0. The van der Waals surface area contributed by atoms with Crippen molar-refractivity contribution in [3.63, 3.8) is 0 Å². The molecule has 0 spiro atoms. The molecule has 0 bridgehead atoms. The molecule has 1 heterocycles. The third-order valence-electron chi connectivity index (χ3n) is 3.19. The average molecular weight is 168 g/mol. The molecule has 0 aromatic carbocycles. The molecular weight excluding hydrogens is 152 g/mol. The lowest BCUT2D eigenvalue weighted by atomic mass is 9.99. The zero-order valence-corrected chi connectivity index (χ0v) is 7.60. The van der Waals surface area contributed by atoms with E-state index < -0.39 is 0 Å². The van der Waals surface area contributed by atoms with Crippen LogP contribution < -0.4 is 5.32 Å². The maximum atomic E-state index is 11.4. The van der Waals surface area contributed by atoms with Gasteiger partial charge in [0.2, 0.25) is 0 Å². The highest BCUT2D eigenvalue weighted by atomic mass is 16.2. The molecule has 12 heavy (non-hydrogen) atoms. The van der Waals surface area contributed by atoms with Crippen molar-refractivity contribution in [3.8, 4) is 0 Å². The number of urea groups is 1. The Kier molecular flexibility index (Phi) is 1.74. The van der Waals surface area contributed by atoms with Crippen LogP contribution in [0.15, 0.2) is 0 Å². The fourth-order valence-corrected chi connectivity index (χ4v) is 2.39. The van der Waals surface area contributed by atoms with Crippen LogP contribution in [0.4, 0.5) is 4.79 Å². The first kappa shape index (κ1) is 7.90. The van der Waals surface area contributed by atoms with Gasteiger partial charge in [0.25, 0.3) is 0 Å². The highest BCUT2D eigenvalue weighted by Crippen LogP contribution is 2.35. The smallest absolute Gasteiger partial charge is 0.317 e. The van der Waals surface area contributed by atoms with Gasteiger partial charge in [0.1, 0.15) is 0 Å². The summed E-state index contributed by atoms with van der Waals surface area (Å²) in [5.41, 5.74) is 0.167. The topological polar surface area (TPSA) is 32.3 Å². The van der Waals surface area contributed by atoms with Crippen LogP contribution in [-0.4, -0.2) is 29.6 Å². The SMILES string of the molecule is CC1(N2CCNC2=O)CCCC1. The van der Waals surface area contributed by atoms with Crippen LogP contribution in [0.5, 0.6) is 0 Å². The minimum Gasteiger partial charge on any atom is -0.336 e. The molecule has 1 saturated heterocycles. The molecule has 1 N–H and O–H groups in total. The first-order valence-electron chi connectivity index (χ1n) is 4.78. The van der Waals surface area contributed by atoms with Crippen LogP contribution >= 0.6 is 0 Å². The molecule has 0 radical (unpaired) electrons. The van der Waals surface area contributed by atoms with E-state index in [2.05, 4.69) is 12.2 Å². The zero-order valence-electron chi connectivity index (χ0n) is 7.60. The predicted molar refractivity (Wildman–Crippen MR) is 47.0 cm³/mol. The minimum atomic E-state index is 0.138. The van der Waals surface area contributed by atoms with E-state index >= 15 is 0 Å². The minimum absolute atomic E-state index is 0.138. The predicted octanol–water partition coefficient (Wildman–Crippen LogP) is 1.34. The van der Waals surface area contributed by atoms with Crippen LogP contribution in [0.3, 0.4) is 0 Å². The van der Waals surface area contributed by atoms with Crippen molar-refractivity contribution in [2.45, 2.75) is 38.1 Å². The van der Waals surface area contributed by atoms with Gasteiger partial charge in [0, 0.05) is 18.6 Å². The standard InChI is InChI=1S/C9H16N2O/c1-9(4-2-3-5-9)11-7-6-10-8(11)12/h2-7H2,1H3,(H,10,12). The van der Waals surface area contributed by atoms with Crippen molar-refractivity contribution in [1.29, 1.82) is 0 Å². The summed E-state index contributed by atoms with van der Waals surface area (Å²) in [7, 11) is 0. The van der Waals surface area contributed by atoms with E-state index in [-0.39, 0.29) is 11.6 Å². The summed E-state index contributed by atoms with van der Waals surface area (Å²) in [6, 6.07) is 0.138. The zero-order chi connectivity index (χ0) is 8.60. The fraction of sp³-hybridized carbons (Fsp3) is 0.889. The molecule has 2 aliphatic rings. The lowest BCUT2D eigenvalue weighted by Gasteiger charge is -2.34. The molecular formula is C9H16N2O. The van der Waals surface area contributed by atoms with Gasteiger partial charge < -0.3 is 10.2 Å². The molecule has 2 rings (SSSR count). The third-order valence-corrected chi connectivity index (χ3v) is 3.19. The van der Waals surface area contributed by atoms with Gasteiger partial charge in [-0.1, -0.05) is 12.8 Å². The lowest BCUT2D eigenvalue weighted by molar-refractivity contribution is 0.152. The third kappa shape index (κ3) is 1.08. The second kappa shape index (κ2) is 2.64. The maximum absolute atomic E-state index is 11.4. The molecule has 68 valence electrons. The summed E-state index contributed by atoms with van der Waals surface area (Å²) >= 11 is 0. The fourth-order valence-electron chi connectivity index (χ4n) is 2.39. The van der Waals surface area contributed by atoms with E-state index in [0.29, 0.717) is 0 Å². The molecule has 1 aliphatic carbocycles. The van der Waals surface area contributed by atoms with Gasteiger partial charge >= 0.3 is 6.03 Å². The van der Waals surface area contributed by atoms with Gasteiger partial charge in [-0.05, 0) is 19.8 Å². The second-order valence-electron chi connectivity index (χ2n) is 4.09. The molecule has 2 amide bonds. The van der Waals surface area contributed by atoms with Gasteiger partial charge in [-0.2, -0.15) is 0 Å². The molecule has 0 aromatic heterocycles. The van der Waals surface area contributed by atoms with Crippen molar-refractivity contribution in [3.05, 3.63) is 0 Å². The molecule has 3 nitrogen and oxygen atoms in total. The van der Waals surface area contributed by atoms with E-state index in [1.807, 2.05) is 4.90 Å². The van der Waals surface area contributed by atoms with E-state index in [1.165, 1.54) is 25.7 Å². The molecule has 1 aliphatic heterocycles. The Balaban J connectivity index is 2.11. The number of nitrogens with zero attached hydrogens (tertiary/aromatic N) is 1. The number of rotatable bonds is 1. The molecule has 1 saturated carbocycles.